The molecule has 1 aromatic rings. The van der Waals surface area contributed by atoms with E-state index in [1.807, 2.05) is 13.8 Å². The Morgan fingerprint density at radius 3 is 2.28 bits per heavy atom. The van der Waals surface area contributed by atoms with Crippen LogP contribution in [0.4, 0.5) is 5.69 Å². The lowest BCUT2D eigenvalue weighted by Gasteiger charge is -2.30. The van der Waals surface area contributed by atoms with Crippen LogP contribution in [-0.2, 0) is 9.59 Å². The zero-order valence-corrected chi connectivity index (χ0v) is 14.8. The summed E-state index contributed by atoms with van der Waals surface area (Å²) in [5, 5.41) is 14.0. The van der Waals surface area contributed by atoms with Gasteiger partial charge in [-0.3, -0.25) is 14.4 Å². The zero-order valence-electron chi connectivity index (χ0n) is 14.8. The fourth-order valence-corrected chi connectivity index (χ4v) is 3.22. The third-order valence-electron chi connectivity index (χ3n) is 4.99. The van der Waals surface area contributed by atoms with Crippen molar-refractivity contribution in [3.05, 3.63) is 29.8 Å². The summed E-state index contributed by atoms with van der Waals surface area (Å²) >= 11 is 0. The van der Waals surface area contributed by atoms with Crippen molar-refractivity contribution < 1.29 is 19.5 Å². The lowest BCUT2D eigenvalue weighted by Crippen LogP contribution is -2.36. The van der Waals surface area contributed by atoms with Crippen LogP contribution in [0.15, 0.2) is 24.3 Å². The van der Waals surface area contributed by atoms with Crippen molar-refractivity contribution >= 4 is 23.5 Å². The largest absolute Gasteiger partial charge is 0.481 e. The van der Waals surface area contributed by atoms with Crippen molar-refractivity contribution in [3.63, 3.8) is 0 Å². The molecule has 1 aromatic carbocycles. The van der Waals surface area contributed by atoms with E-state index in [0.717, 1.165) is 12.8 Å². The van der Waals surface area contributed by atoms with E-state index in [0.29, 0.717) is 17.2 Å². The van der Waals surface area contributed by atoms with Gasteiger partial charge in [0.05, 0.1) is 6.42 Å². The molecule has 0 aliphatic heterocycles. The van der Waals surface area contributed by atoms with Gasteiger partial charge in [-0.1, -0.05) is 26.7 Å². The van der Waals surface area contributed by atoms with E-state index in [9.17, 15) is 14.4 Å². The van der Waals surface area contributed by atoms with Crippen LogP contribution in [-0.4, -0.2) is 29.4 Å². The van der Waals surface area contributed by atoms with Crippen molar-refractivity contribution in [2.24, 2.45) is 11.3 Å². The predicted molar refractivity (Wildman–Crippen MR) is 95.4 cm³/mol. The minimum atomic E-state index is -0.955. The van der Waals surface area contributed by atoms with Gasteiger partial charge in [0.25, 0.3) is 5.91 Å². The van der Waals surface area contributed by atoms with Crippen molar-refractivity contribution in [1.29, 1.82) is 0 Å². The van der Waals surface area contributed by atoms with Gasteiger partial charge in [0.15, 0.2) is 0 Å². The molecule has 0 saturated heterocycles. The first-order valence-electron chi connectivity index (χ1n) is 8.72. The summed E-state index contributed by atoms with van der Waals surface area (Å²) in [7, 11) is 0. The van der Waals surface area contributed by atoms with Gasteiger partial charge in [-0.2, -0.15) is 0 Å². The van der Waals surface area contributed by atoms with Gasteiger partial charge < -0.3 is 15.7 Å². The van der Waals surface area contributed by atoms with E-state index in [-0.39, 0.29) is 24.8 Å². The number of carboxylic acid groups (broad SMARTS) is 1. The molecule has 0 bridgehead atoms. The minimum Gasteiger partial charge on any atom is -0.481 e. The molecular weight excluding hydrogens is 320 g/mol. The fraction of sp³-hybridized carbons (Fsp3) is 0.526. The Labute approximate surface area is 148 Å². The maximum Gasteiger partial charge on any atom is 0.305 e. The van der Waals surface area contributed by atoms with Crippen molar-refractivity contribution in [2.75, 3.05) is 11.9 Å². The average Bonchev–Trinajstić information content (AvgIpc) is 3.10. The normalized spacial score (nSPS) is 15.0. The molecule has 1 fully saturated rings. The molecule has 1 aliphatic carbocycles. The molecule has 0 spiro atoms. The number of amides is 2. The van der Waals surface area contributed by atoms with Gasteiger partial charge in [0, 0.05) is 23.2 Å². The first-order valence-corrected chi connectivity index (χ1v) is 8.72. The number of rotatable bonds is 7. The van der Waals surface area contributed by atoms with Gasteiger partial charge in [0.2, 0.25) is 5.91 Å². The highest BCUT2D eigenvalue weighted by molar-refractivity contribution is 5.97. The molecule has 0 aromatic heterocycles. The molecule has 1 aliphatic rings. The average molecular weight is 346 g/mol. The Bertz CT molecular complexity index is 631. The van der Waals surface area contributed by atoms with Gasteiger partial charge in [-0.25, -0.2) is 0 Å². The number of carboxylic acids is 1. The van der Waals surface area contributed by atoms with Gasteiger partial charge in [-0.15, -0.1) is 0 Å². The highest BCUT2D eigenvalue weighted by atomic mass is 16.4. The number of hydrogen-bond acceptors (Lipinski definition) is 3. The quantitative estimate of drug-likeness (QED) is 0.707. The van der Waals surface area contributed by atoms with Crippen molar-refractivity contribution in [2.45, 2.75) is 46.0 Å². The Morgan fingerprint density at radius 2 is 1.72 bits per heavy atom. The second-order valence-electron chi connectivity index (χ2n) is 7.13. The van der Waals surface area contributed by atoms with E-state index in [4.69, 9.17) is 5.11 Å². The summed E-state index contributed by atoms with van der Waals surface area (Å²) in [6.07, 6.45) is 4.45. The van der Waals surface area contributed by atoms with Crippen LogP contribution < -0.4 is 10.6 Å². The smallest absolute Gasteiger partial charge is 0.305 e. The minimum absolute atomic E-state index is 0.00180. The van der Waals surface area contributed by atoms with E-state index >= 15 is 0 Å². The van der Waals surface area contributed by atoms with E-state index in [1.165, 1.54) is 12.8 Å². The SMILES string of the molecule is CC(C)(C(=O)Nc1ccc(C(=O)NCCC(=O)O)cc1)C1CCCC1. The Morgan fingerprint density at radius 1 is 1.12 bits per heavy atom. The first-order chi connectivity index (χ1) is 11.8. The number of hydrogen-bond donors (Lipinski definition) is 3. The predicted octanol–water partition coefficient (Wildman–Crippen LogP) is 3.05. The highest BCUT2D eigenvalue weighted by Gasteiger charge is 2.38. The highest BCUT2D eigenvalue weighted by Crippen LogP contribution is 2.40. The molecule has 25 heavy (non-hydrogen) atoms. The number of carbonyl (C=O) groups excluding carboxylic acids is 2. The van der Waals surface area contributed by atoms with E-state index in [2.05, 4.69) is 10.6 Å². The van der Waals surface area contributed by atoms with Gasteiger partial charge in [0.1, 0.15) is 0 Å². The van der Waals surface area contributed by atoms with Crippen LogP contribution in [0.1, 0.15) is 56.3 Å². The van der Waals surface area contributed by atoms with E-state index < -0.39 is 11.4 Å². The van der Waals surface area contributed by atoms with Crippen LogP contribution >= 0.6 is 0 Å². The molecule has 0 unspecified atom stereocenters. The zero-order chi connectivity index (χ0) is 18.4. The van der Waals surface area contributed by atoms with Crippen LogP contribution in [0.25, 0.3) is 0 Å². The monoisotopic (exact) mass is 346 g/mol. The Hall–Kier alpha value is -2.37. The maximum atomic E-state index is 12.6. The molecule has 136 valence electrons. The lowest BCUT2D eigenvalue weighted by molar-refractivity contribution is -0.136. The second kappa shape index (κ2) is 8.14. The number of anilines is 1. The van der Waals surface area contributed by atoms with Crippen LogP contribution in [0.5, 0.6) is 0 Å². The summed E-state index contributed by atoms with van der Waals surface area (Å²) in [4.78, 5) is 35.0. The molecular formula is C19H26N2O4. The standard InChI is InChI=1S/C19H26N2O4/c1-19(2,14-5-3-4-6-14)18(25)21-15-9-7-13(8-10-15)17(24)20-12-11-16(22)23/h7-10,14H,3-6,11-12H2,1-2H3,(H,20,24)(H,21,25)(H,22,23). The third-order valence-corrected chi connectivity index (χ3v) is 4.99. The molecule has 0 atom stereocenters. The number of carbonyl (C=O) groups is 3. The number of nitrogens with one attached hydrogen (secondary N) is 2. The molecule has 2 rings (SSSR count). The van der Waals surface area contributed by atoms with Crippen LogP contribution in [0.3, 0.4) is 0 Å². The number of aliphatic carboxylic acids is 1. The fourth-order valence-electron chi connectivity index (χ4n) is 3.22. The summed E-state index contributed by atoms with van der Waals surface area (Å²) in [5.41, 5.74) is 0.667. The Balaban J connectivity index is 1.92. The van der Waals surface area contributed by atoms with Crippen LogP contribution in [0.2, 0.25) is 0 Å². The topological polar surface area (TPSA) is 95.5 Å². The van der Waals surface area contributed by atoms with Crippen molar-refractivity contribution in [3.8, 4) is 0 Å². The first kappa shape index (κ1) is 19.0. The summed E-state index contributed by atoms with van der Waals surface area (Å²) in [6, 6.07) is 6.62. The molecule has 1 saturated carbocycles. The molecule has 6 heteroatoms. The molecule has 0 radical (unpaired) electrons. The lowest BCUT2D eigenvalue weighted by atomic mass is 9.77. The number of benzene rings is 1. The summed E-state index contributed by atoms with van der Waals surface area (Å²) in [5.74, 6) is -0.876. The third kappa shape index (κ3) is 5.05. The molecule has 0 heterocycles. The summed E-state index contributed by atoms with van der Waals surface area (Å²) < 4.78 is 0. The second-order valence-corrected chi connectivity index (χ2v) is 7.13. The van der Waals surface area contributed by atoms with E-state index in [1.54, 1.807) is 24.3 Å². The van der Waals surface area contributed by atoms with Gasteiger partial charge in [-0.05, 0) is 43.0 Å². The summed E-state index contributed by atoms with van der Waals surface area (Å²) in [6.45, 7) is 4.06. The maximum absolute atomic E-state index is 12.6. The van der Waals surface area contributed by atoms with Gasteiger partial charge >= 0.3 is 5.97 Å². The molecule has 2 amide bonds. The molecule has 3 N–H and O–H groups in total. The van der Waals surface area contributed by atoms with Crippen LogP contribution in [0, 0.1) is 11.3 Å². The van der Waals surface area contributed by atoms with Crippen molar-refractivity contribution in [1.82, 2.24) is 5.32 Å². The Kier molecular flexibility index (Phi) is 6.17. The molecule has 6 nitrogen and oxygen atoms in total.